The molecule has 0 saturated carbocycles. The first-order chi connectivity index (χ1) is 6.78. The Labute approximate surface area is 90.8 Å². The summed E-state index contributed by atoms with van der Waals surface area (Å²) in [6.45, 7) is 7.59. The van der Waals surface area contributed by atoms with Crippen LogP contribution in [0.5, 0.6) is 0 Å². The van der Waals surface area contributed by atoms with Gasteiger partial charge in [0.05, 0.1) is 4.87 Å². The highest BCUT2D eigenvalue weighted by atomic mass is 32.2. The van der Waals surface area contributed by atoms with Gasteiger partial charge in [-0.25, -0.2) is 0 Å². The van der Waals surface area contributed by atoms with E-state index in [-0.39, 0.29) is 0 Å². The van der Waals surface area contributed by atoms with Crippen LogP contribution >= 0.6 is 11.8 Å². The van der Waals surface area contributed by atoms with Crippen LogP contribution in [0.25, 0.3) is 0 Å². The van der Waals surface area contributed by atoms with E-state index in [0.29, 0.717) is 4.87 Å². The second-order valence-corrected chi connectivity index (χ2v) is 6.59. The number of rotatable bonds is 0. The smallest absolute Gasteiger partial charge is 0.0803 e. The molecule has 0 radical (unpaired) electrons. The zero-order valence-electron chi connectivity index (χ0n) is 8.96. The van der Waals surface area contributed by atoms with Gasteiger partial charge in [-0.2, -0.15) is 0 Å². The summed E-state index contributed by atoms with van der Waals surface area (Å²) in [5, 5.41) is 3.84. The van der Waals surface area contributed by atoms with Crippen LogP contribution in [0.15, 0.2) is 0 Å². The highest BCUT2D eigenvalue weighted by Crippen LogP contribution is 2.45. The van der Waals surface area contributed by atoms with Gasteiger partial charge in [-0.15, -0.1) is 11.8 Å². The SMILES string of the molecule is CC1CNC2(CN3CCC2CC3)SC1. The first kappa shape index (κ1) is 9.49. The van der Waals surface area contributed by atoms with Gasteiger partial charge in [-0.3, -0.25) is 0 Å². The van der Waals surface area contributed by atoms with Gasteiger partial charge in [0.1, 0.15) is 0 Å². The van der Waals surface area contributed by atoms with E-state index in [9.17, 15) is 0 Å². The number of nitrogens with zero attached hydrogens (tertiary/aromatic N) is 1. The number of hydrogen-bond donors (Lipinski definition) is 1. The van der Waals surface area contributed by atoms with E-state index in [1.165, 1.54) is 44.8 Å². The van der Waals surface area contributed by atoms with Crippen LogP contribution in [-0.4, -0.2) is 41.7 Å². The van der Waals surface area contributed by atoms with Crippen LogP contribution in [-0.2, 0) is 0 Å². The highest BCUT2D eigenvalue weighted by molar-refractivity contribution is 8.00. The third-order valence-electron chi connectivity index (χ3n) is 4.08. The molecule has 4 aliphatic heterocycles. The van der Waals surface area contributed by atoms with Crippen LogP contribution in [0, 0.1) is 11.8 Å². The van der Waals surface area contributed by atoms with Crippen molar-refractivity contribution in [3.63, 3.8) is 0 Å². The van der Waals surface area contributed by atoms with Gasteiger partial charge in [0.15, 0.2) is 0 Å². The number of hydrogen-bond acceptors (Lipinski definition) is 3. The molecule has 4 aliphatic rings. The second-order valence-electron chi connectivity index (χ2n) is 5.24. The van der Waals surface area contributed by atoms with E-state index in [1.54, 1.807) is 0 Å². The largest absolute Gasteiger partial charge is 0.301 e. The van der Waals surface area contributed by atoms with Gasteiger partial charge in [0.25, 0.3) is 0 Å². The molecule has 4 fully saturated rings. The zero-order chi connectivity index (χ0) is 9.60. The highest BCUT2D eigenvalue weighted by Gasteiger charge is 2.48. The molecule has 0 aromatic rings. The summed E-state index contributed by atoms with van der Waals surface area (Å²) in [7, 11) is 0. The Bertz CT molecular complexity index is 215. The van der Waals surface area contributed by atoms with Crippen molar-refractivity contribution in [3.8, 4) is 0 Å². The third kappa shape index (κ3) is 1.41. The average Bonchev–Trinajstić information content (AvgIpc) is 2.25. The molecule has 4 heterocycles. The Morgan fingerprint density at radius 1 is 1.36 bits per heavy atom. The van der Waals surface area contributed by atoms with Crippen LogP contribution in [0.4, 0.5) is 0 Å². The predicted octanol–water partition coefficient (Wildman–Crippen LogP) is 1.38. The van der Waals surface area contributed by atoms with Crippen molar-refractivity contribution in [1.82, 2.24) is 10.2 Å². The van der Waals surface area contributed by atoms with Gasteiger partial charge in [0, 0.05) is 6.54 Å². The van der Waals surface area contributed by atoms with E-state index in [4.69, 9.17) is 0 Å². The van der Waals surface area contributed by atoms with E-state index < -0.39 is 0 Å². The van der Waals surface area contributed by atoms with Gasteiger partial charge < -0.3 is 10.2 Å². The normalized spacial score (nSPS) is 52.5. The Balaban J connectivity index is 1.76. The lowest BCUT2D eigenvalue weighted by atomic mass is 9.83. The second kappa shape index (κ2) is 3.39. The Kier molecular flexibility index (Phi) is 2.30. The van der Waals surface area contributed by atoms with Crippen LogP contribution in [0.2, 0.25) is 0 Å². The van der Waals surface area contributed by atoms with E-state index in [1.807, 2.05) is 0 Å². The van der Waals surface area contributed by atoms with Gasteiger partial charge in [-0.1, -0.05) is 6.92 Å². The lowest BCUT2D eigenvalue weighted by Gasteiger charge is -2.55. The summed E-state index contributed by atoms with van der Waals surface area (Å²) in [6, 6.07) is 0. The minimum absolute atomic E-state index is 0.447. The summed E-state index contributed by atoms with van der Waals surface area (Å²) in [5.74, 6) is 3.17. The molecule has 4 saturated heterocycles. The molecule has 3 heteroatoms. The van der Waals surface area contributed by atoms with Gasteiger partial charge >= 0.3 is 0 Å². The maximum absolute atomic E-state index is 3.84. The summed E-state index contributed by atoms with van der Waals surface area (Å²) in [4.78, 5) is 3.10. The minimum Gasteiger partial charge on any atom is -0.301 e. The van der Waals surface area contributed by atoms with Crippen LogP contribution in [0.3, 0.4) is 0 Å². The number of piperidine rings is 3. The zero-order valence-corrected chi connectivity index (χ0v) is 9.78. The molecule has 2 atom stereocenters. The van der Waals surface area contributed by atoms with Crippen molar-refractivity contribution in [3.05, 3.63) is 0 Å². The molecule has 0 aromatic heterocycles. The van der Waals surface area contributed by atoms with Crippen molar-refractivity contribution in [2.75, 3.05) is 31.9 Å². The summed E-state index contributed by atoms with van der Waals surface area (Å²) in [6.07, 6.45) is 2.85. The molecule has 1 N–H and O–H groups in total. The molecule has 4 rings (SSSR count). The Hall–Kier alpha value is 0.270. The molecule has 2 bridgehead atoms. The fourth-order valence-electron chi connectivity index (χ4n) is 3.13. The van der Waals surface area contributed by atoms with Crippen molar-refractivity contribution in [2.45, 2.75) is 24.6 Å². The Morgan fingerprint density at radius 3 is 2.64 bits per heavy atom. The minimum atomic E-state index is 0.447. The number of thioether (sulfide) groups is 1. The van der Waals surface area contributed by atoms with Gasteiger partial charge in [-0.05, 0) is 50.1 Å². The molecule has 2 unspecified atom stereocenters. The van der Waals surface area contributed by atoms with Crippen molar-refractivity contribution < 1.29 is 0 Å². The van der Waals surface area contributed by atoms with Crippen LogP contribution < -0.4 is 5.32 Å². The number of nitrogens with one attached hydrogen (secondary N) is 1. The molecular weight excluding hydrogens is 192 g/mol. The standard InChI is InChI=1S/C11H20N2S/c1-9-6-12-11(14-7-9)8-13-4-2-10(11)3-5-13/h9-10,12H,2-8H2,1H3. The first-order valence-electron chi connectivity index (χ1n) is 5.90. The maximum atomic E-state index is 3.84. The summed E-state index contributed by atoms with van der Waals surface area (Å²) in [5.41, 5.74) is 0. The predicted molar refractivity (Wildman–Crippen MR) is 61.5 cm³/mol. The average molecular weight is 212 g/mol. The fourth-order valence-corrected chi connectivity index (χ4v) is 4.76. The number of fused-ring (bicyclic) bond motifs is 2. The topological polar surface area (TPSA) is 15.3 Å². The lowest BCUT2D eigenvalue weighted by Crippen LogP contribution is -2.66. The quantitative estimate of drug-likeness (QED) is 0.653. The van der Waals surface area contributed by atoms with E-state index >= 15 is 0 Å². The molecule has 2 nitrogen and oxygen atoms in total. The molecule has 0 amide bonds. The van der Waals surface area contributed by atoms with E-state index in [2.05, 4.69) is 28.9 Å². The van der Waals surface area contributed by atoms with E-state index in [0.717, 1.165) is 11.8 Å². The lowest BCUT2D eigenvalue weighted by molar-refractivity contribution is 0.0516. The Morgan fingerprint density at radius 2 is 2.14 bits per heavy atom. The van der Waals surface area contributed by atoms with Gasteiger partial charge in [0.2, 0.25) is 0 Å². The molecule has 14 heavy (non-hydrogen) atoms. The summed E-state index contributed by atoms with van der Waals surface area (Å²) >= 11 is 2.20. The molecule has 1 spiro atoms. The van der Waals surface area contributed by atoms with Crippen molar-refractivity contribution >= 4 is 11.8 Å². The molecule has 80 valence electrons. The third-order valence-corrected chi connectivity index (χ3v) is 5.94. The molecule has 0 aliphatic carbocycles. The monoisotopic (exact) mass is 212 g/mol. The fraction of sp³-hybridized carbons (Fsp3) is 1.00. The van der Waals surface area contributed by atoms with Crippen molar-refractivity contribution in [2.24, 2.45) is 11.8 Å². The first-order valence-corrected chi connectivity index (χ1v) is 6.88. The van der Waals surface area contributed by atoms with Crippen LogP contribution in [0.1, 0.15) is 19.8 Å². The summed E-state index contributed by atoms with van der Waals surface area (Å²) < 4.78 is 0. The molecular formula is C11H20N2S. The maximum Gasteiger partial charge on any atom is 0.0803 e. The molecule has 0 aromatic carbocycles. The van der Waals surface area contributed by atoms with Crippen molar-refractivity contribution in [1.29, 1.82) is 0 Å².